The second-order valence-corrected chi connectivity index (χ2v) is 6.31. The average molecular weight is 353 g/mol. The monoisotopic (exact) mass is 353 g/mol. The molecule has 1 saturated heterocycles. The number of likely N-dealkylation sites (tertiary alicyclic amines) is 1. The molecule has 1 aromatic heterocycles. The molecule has 0 saturated carbocycles. The lowest BCUT2D eigenvalue weighted by atomic mass is 9.91. The molecular weight excluding hydrogens is 326 g/mol. The summed E-state index contributed by atoms with van der Waals surface area (Å²) in [6, 6.07) is 0.173. The van der Waals surface area contributed by atoms with Crippen molar-refractivity contribution in [1.29, 1.82) is 0 Å². The summed E-state index contributed by atoms with van der Waals surface area (Å²) in [5.74, 6) is -0.0856. The van der Waals surface area contributed by atoms with Crippen molar-refractivity contribution < 1.29 is 19.1 Å². The van der Waals surface area contributed by atoms with Gasteiger partial charge in [0.05, 0.1) is 32.0 Å². The number of nitrogens with one attached hydrogen (secondary N) is 1. The smallest absolute Gasteiger partial charge is 0.407 e. The van der Waals surface area contributed by atoms with E-state index >= 15 is 0 Å². The SMILES string of the molecule is COC(=O)c1cnn(CCNC(=O)OCC[C@H]2CN(C)CC[C@@H]2N)c1. The van der Waals surface area contributed by atoms with Crippen LogP contribution in [0.25, 0.3) is 0 Å². The zero-order valence-electron chi connectivity index (χ0n) is 14.8. The molecule has 0 spiro atoms. The number of nitrogens with zero attached hydrogens (tertiary/aromatic N) is 3. The largest absolute Gasteiger partial charge is 0.465 e. The number of rotatable bonds is 7. The standard InChI is InChI=1S/C16H27N5O4/c1-20-6-3-14(17)12(10-20)4-8-25-16(23)18-5-7-21-11-13(9-19-21)15(22)24-2/h9,11-12,14H,3-8,10,17H2,1-2H3,(H,18,23)/t12-,14-/m0/s1. The number of carbonyl (C=O) groups is 2. The number of alkyl carbamates (subject to hydrolysis) is 1. The van der Waals surface area contributed by atoms with Crippen molar-refractivity contribution in [1.82, 2.24) is 20.0 Å². The first-order chi connectivity index (χ1) is 12.0. The molecule has 0 bridgehead atoms. The van der Waals surface area contributed by atoms with Gasteiger partial charge in [-0.25, -0.2) is 9.59 Å². The van der Waals surface area contributed by atoms with Crippen LogP contribution in [-0.2, 0) is 16.0 Å². The van der Waals surface area contributed by atoms with Crippen molar-refractivity contribution in [3.63, 3.8) is 0 Å². The zero-order chi connectivity index (χ0) is 18.2. The fourth-order valence-electron chi connectivity index (χ4n) is 2.87. The molecule has 1 aliphatic rings. The van der Waals surface area contributed by atoms with Gasteiger partial charge in [-0.1, -0.05) is 0 Å². The van der Waals surface area contributed by atoms with Gasteiger partial charge in [-0.2, -0.15) is 5.10 Å². The normalized spacial score (nSPS) is 20.9. The van der Waals surface area contributed by atoms with Crippen molar-refractivity contribution in [3.8, 4) is 0 Å². The van der Waals surface area contributed by atoms with Crippen molar-refractivity contribution >= 4 is 12.1 Å². The summed E-state index contributed by atoms with van der Waals surface area (Å²) in [4.78, 5) is 25.3. The summed E-state index contributed by atoms with van der Waals surface area (Å²) < 4.78 is 11.4. The topological polar surface area (TPSA) is 112 Å². The number of methoxy groups -OCH3 is 1. The predicted octanol–water partition coefficient (Wildman–Crippen LogP) is 0.0650. The van der Waals surface area contributed by atoms with E-state index in [2.05, 4.69) is 27.1 Å². The van der Waals surface area contributed by atoms with Crippen LogP contribution in [0.1, 0.15) is 23.2 Å². The molecule has 9 nitrogen and oxygen atoms in total. The number of esters is 1. The molecule has 0 aliphatic carbocycles. The van der Waals surface area contributed by atoms with E-state index in [1.54, 1.807) is 10.9 Å². The first kappa shape index (κ1) is 19.2. The number of nitrogens with two attached hydrogens (primary N) is 1. The van der Waals surface area contributed by atoms with Gasteiger partial charge >= 0.3 is 12.1 Å². The van der Waals surface area contributed by atoms with Crippen LogP contribution in [0.2, 0.25) is 0 Å². The maximum Gasteiger partial charge on any atom is 0.407 e. The number of aromatic nitrogens is 2. The highest BCUT2D eigenvalue weighted by Gasteiger charge is 2.24. The van der Waals surface area contributed by atoms with Crippen LogP contribution in [0.5, 0.6) is 0 Å². The molecule has 0 radical (unpaired) electrons. The molecular formula is C16H27N5O4. The van der Waals surface area contributed by atoms with E-state index in [1.165, 1.54) is 13.3 Å². The van der Waals surface area contributed by atoms with Crippen molar-refractivity contribution in [2.45, 2.75) is 25.4 Å². The zero-order valence-corrected chi connectivity index (χ0v) is 14.8. The number of ether oxygens (including phenoxy) is 2. The Morgan fingerprint density at radius 2 is 2.28 bits per heavy atom. The number of amides is 1. The minimum atomic E-state index is -0.460. The average Bonchev–Trinajstić information content (AvgIpc) is 3.06. The summed E-state index contributed by atoms with van der Waals surface area (Å²) in [6.45, 7) is 3.10. The van der Waals surface area contributed by atoms with E-state index < -0.39 is 12.1 Å². The van der Waals surface area contributed by atoms with E-state index in [0.29, 0.717) is 31.2 Å². The van der Waals surface area contributed by atoms with Crippen LogP contribution < -0.4 is 11.1 Å². The van der Waals surface area contributed by atoms with Gasteiger partial charge in [0.25, 0.3) is 0 Å². The van der Waals surface area contributed by atoms with Crippen LogP contribution in [0, 0.1) is 5.92 Å². The second-order valence-electron chi connectivity index (χ2n) is 6.31. The summed E-state index contributed by atoms with van der Waals surface area (Å²) in [5.41, 5.74) is 6.48. The van der Waals surface area contributed by atoms with Crippen molar-refractivity contribution in [2.24, 2.45) is 11.7 Å². The first-order valence-electron chi connectivity index (χ1n) is 8.45. The van der Waals surface area contributed by atoms with E-state index in [0.717, 1.165) is 25.9 Å². The van der Waals surface area contributed by atoms with Crippen molar-refractivity contribution in [2.75, 3.05) is 40.4 Å². The molecule has 2 heterocycles. The van der Waals surface area contributed by atoms with Crippen LogP contribution in [0.15, 0.2) is 12.4 Å². The molecule has 1 aromatic rings. The van der Waals surface area contributed by atoms with Gasteiger partial charge in [0, 0.05) is 25.3 Å². The fraction of sp³-hybridized carbons (Fsp3) is 0.688. The molecule has 0 aromatic carbocycles. The Morgan fingerprint density at radius 1 is 1.48 bits per heavy atom. The predicted molar refractivity (Wildman–Crippen MR) is 91.1 cm³/mol. The summed E-state index contributed by atoms with van der Waals surface area (Å²) in [5, 5.41) is 6.69. The van der Waals surface area contributed by atoms with Gasteiger partial charge in [-0.15, -0.1) is 0 Å². The third-order valence-corrected chi connectivity index (χ3v) is 4.38. The molecule has 1 aliphatic heterocycles. The highest BCUT2D eigenvalue weighted by atomic mass is 16.5. The molecule has 2 rings (SSSR count). The Morgan fingerprint density at radius 3 is 3.04 bits per heavy atom. The lowest BCUT2D eigenvalue weighted by molar-refractivity contribution is 0.0600. The van der Waals surface area contributed by atoms with Gasteiger partial charge < -0.3 is 25.4 Å². The number of hydrogen-bond donors (Lipinski definition) is 2. The van der Waals surface area contributed by atoms with Gasteiger partial charge in [0.15, 0.2) is 0 Å². The van der Waals surface area contributed by atoms with E-state index in [-0.39, 0.29) is 6.04 Å². The first-order valence-corrected chi connectivity index (χ1v) is 8.45. The Labute approximate surface area is 147 Å². The Kier molecular flexibility index (Phi) is 7.20. The number of piperidine rings is 1. The molecule has 3 N–H and O–H groups in total. The third-order valence-electron chi connectivity index (χ3n) is 4.38. The molecule has 1 amide bonds. The van der Waals surface area contributed by atoms with Gasteiger partial charge in [-0.05, 0) is 32.4 Å². The molecule has 0 unspecified atom stereocenters. The van der Waals surface area contributed by atoms with E-state index in [9.17, 15) is 9.59 Å². The fourth-order valence-corrected chi connectivity index (χ4v) is 2.87. The maximum atomic E-state index is 11.7. The van der Waals surface area contributed by atoms with Gasteiger partial charge in [0.1, 0.15) is 0 Å². The van der Waals surface area contributed by atoms with E-state index in [4.69, 9.17) is 10.5 Å². The Bertz CT molecular complexity index is 577. The number of hydrogen-bond acceptors (Lipinski definition) is 7. The quantitative estimate of drug-likeness (QED) is 0.667. The summed E-state index contributed by atoms with van der Waals surface area (Å²) in [6.07, 6.45) is 4.28. The maximum absolute atomic E-state index is 11.7. The van der Waals surface area contributed by atoms with Crippen LogP contribution in [0.4, 0.5) is 4.79 Å². The lowest BCUT2D eigenvalue weighted by Gasteiger charge is -2.34. The number of carbonyl (C=O) groups excluding carboxylic acids is 2. The minimum Gasteiger partial charge on any atom is -0.465 e. The third kappa shape index (κ3) is 6.02. The Balaban J connectivity index is 1.61. The van der Waals surface area contributed by atoms with E-state index in [1.807, 2.05) is 0 Å². The lowest BCUT2D eigenvalue weighted by Crippen LogP contribution is -2.46. The van der Waals surface area contributed by atoms with Crippen LogP contribution in [0.3, 0.4) is 0 Å². The second kappa shape index (κ2) is 9.38. The molecule has 25 heavy (non-hydrogen) atoms. The molecule has 2 atom stereocenters. The van der Waals surface area contributed by atoms with Gasteiger partial charge in [0.2, 0.25) is 0 Å². The van der Waals surface area contributed by atoms with Gasteiger partial charge in [-0.3, -0.25) is 4.68 Å². The summed E-state index contributed by atoms with van der Waals surface area (Å²) in [7, 11) is 3.39. The van der Waals surface area contributed by atoms with Crippen molar-refractivity contribution in [3.05, 3.63) is 18.0 Å². The minimum absolute atomic E-state index is 0.173. The highest BCUT2D eigenvalue weighted by molar-refractivity contribution is 5.88. The molecule has 140 valence electrons. The highest BCUT2D eigenvalue weighted by Crippen LogP contribution is 2.17. The van der Waals surface area contributed by atoms with Crippen LogP contribution >= 0.6 is 0 Å². The summed E-state index contributed by atoms with van der Waals surface area (Å²) >= 11 is 0. The molecule has 1 fully saturated rings. The van der Waals surface area contributed by atoms with Crippen LogP contribution in [-0.4, -0.2) is 73.2 Å². The Hall–Kier alpha value is -2.13. The molecule has 9 heteroatoms.